The molecular weight excluding hydrogens is 437 g/mol. The number of para-hydroxylation sites is 1. The van der Waals surface area contributed by atoms with Gasteiger partial charge in [0.25, 0.3) is 5.91 Å². The summed E-state index contributed by atoms with van der Waals surface area (Å²) in [5.41, 5.74) is 0.543. The monoisotopic (exact) mass is 465 g/mol. The SMILES string of the molecule is COc1ccccc1C(CNC(=O)c1cc(S(=O)(=O)N2CCOCC2)ccc1F)N(C)C. The van der Waals surface area contributed by atoms with Crippen LogP contribution in [0.4, 0.5) is 4.39 Å². The summed E-state index contributed by atoms with van der Waals surface area (Å²) in [7, 11) is 1.44. The molecule has 2 aromatic rings. The fourth-order valence-corrected chi connectivity index (χ4v) is 5.01. The van der Waals surface area contributed by atoms with Gasteiger partial charge in [0.05, 0.1) is 36.8 Å². The van der Waals surface area contributed by atoms with Gasteiger partial charge in [-0.2, -0.15) is 4.31 Å². The molecule has 1 aliphatic rings. The van der Waals surface area contributed by atoms with Crippen LogP contribution in [-0.4, -0.2) is 77.6 Å². The number of carbonyl (C=O) groups is 1. The van der Waals surface area contributed by atoms with E-state index in [1.165, 1.54) is 10.4 Å². The highest BCUT2D eigenvalue weighted by Gasteiger charge is 2.28. The quantitative estimate of drug-likeness (QED) is 0.641. The Balaban J connectivity index is 1.80. The zero-order valence-electron chi connectivity index (χ0n) is 18.4. The third-order valence-corrected chi connectivity index (χ3v) is 7.26. The van der Waals surface area contributed by atoms with E-state index in [0.717, 1.165) is 17.7 Å². The molecule has 0 aliphatic carbocycles. The summed E-state index contributed by atoms with van der Waals surface area (Å²) in [5.74, 6) is -0.810. The molecule has 1 fully saturated rings. The van der Waals surface area contributed by atoms with Gasteiger partial charge >= 0.3 is 0 Å². The molecular formula is C22H28FN3O5S. The molecule has 1 atom stereocenters. The summed E-state index contributed by atoms with van der Waals surface area (Å²) < 4.78 is 52.1. The van der Waals surface area contributed by atoms with Crippen LogP contribution < -0.4 is 10.1 Å². The standard InChI is InChI=1S/C22H28FN3O5S/c1-25(2)20(17-6-4-5-7-21(17)30-3)15-24-22(27)18-14-16(8-9-19(18)23)32(28,29)26-10-12-31-13-11-26/h4-9,14,20H,10-13,15H2,1-3H3,(H,24,27). The maximum absolute atomic E-state index is 14.5. The lowest BCUT2D eigenvalue weighted by Crippen LogP contribution is -2.40. The lowest BCUT2D eigenvalue weighted by atomic mass is 10.0. The first kappa shape index (κ1) is 24.1. The Hall–Kier alpha value is -2.53. The predicted molar refractivity (Wildman–Crippen MR) is 118 cm³/mol. The van der Waals surface area contributed by atoms with E-state index in [2.05, 4.69) is 5.32 Å². The second kappa shape index (κ2) is 10.4. The van der Waals surface area contributed by atoms with Crippen molar-refractivity contribution in [1.82, 2.24) is 14.5 Å². The molecule has 1 aliphatic heterocycles. The number of ether oxygens (including phenoxy) is 2. The fraction of sp³-hybridized carbons (Fsp3) is 0.409. The molecule has 0 saturated carbocycles. The van der Waals surface area contributed by atoms with Crippen molar-refractivity contribution in [1.29, 1.82) is 0 Å². The second-order valence-corrected chi connectivity index (χ2v) is 9.53. The average Bonchev–Trinajstić information content (AvgIpc) is 2.80. The second-order valence-electron chi connectivity index (χ2n) is 7.59. The molecule has 0 radical (unpaired) electrons. The molecule has 1 unspecified atom stereocenters. The van der Waals surface area contributed by atoms with E-state index in [4.69, 9.17) is 9.47 Å². The Morgan fingerprint density at radius 3 is 2.56 bits per heavy atom. The maximum atomic E-state index is 14.5. The summed E-state index contributed by atoms with van der Waals surface area (Å²) in [4.78, 5) is 14.6. The van der Waals surface area contributed by atoms with Crippen LogP contribution in [-0.2, 0) is 14.8 Å². The minimum atomic E-state index is -3.85. The molecule has 174 valence electrons. The van der Waals surface area contributed by atoms with Gasteiger partial charge in [0.2, 0.25) is 10.0 Å². The highest BCUT2D eigenvalue weighted by molar-refractivity contribution is 7.89. The fourth-order valence-electron chi connectivity index (χ4n) is 3.57. The highest BCUT2D eigenvalue weighted by Crippen LogP contribution is 2.27. The number of amides is 1. The van der Waals surface area contributed by atoms with Crippen LogP contribution >= 0.6 is 0 Å². The van der Waals surface area contributed by atoms with Crippen LogP contribution in [0.25, 0.3) is 0 Å². The third-order valence-electron chi connectivity index (χ3n) is 5.37. The van der Waals surface area contributed by atoms with Gasteiger partial charge in [-0.15, -0.1) is 0 Å². The van der Waals surface area contributed by atoms with Crippen LogP contribution in [0, 0.1) is 5.82 Å². The largest absolute Gasteiger partial charge is 0.496 e. The highest BCUT2D eigenvalue weighted by atomic mass is 32.2. The molecule has 0 aromatic heterocycles. The van der Waals surface area contributed by atoms with E-state index in [-0.39, 0.29) is 36.1 Å². The van der Waals surface area contributed by atoms with Gasteiger partial charge in [0.15, 0.2) is 0 Å². The smallest absolute Gasteiger partial charge is 0.254 e. The Bertz CT molecular complexity index is 1060. The van der Waals surface area contributed by atoms with E-state index >= 15 is 0 Å². The van der Waals surface area contributed by atoms with Gasteiger partial charge < -0.3 is 19.7 Å². The Kier molecular flexibility index (Phi) is 7.83. The number of carbonyl (C=O) groups excluding carboxylic acids is 1. The number of likely N-dealkylation sites (N-methyl/N-ethyl adjacent to an activating group) is 1. The van der Waals surface area contributed by atoms with Crippen molar-refractivity contribution in [3.8, 4) is 5.75 Å². The molecule has 8 nitrogen and oxygen atoms in total. The minimum Gasteiger partial charge on any atom is -0.496 e. The Labute approximate surface area is 188 Å². The first-order valence-electron chi connectivity index (χ1n) is 10.2. The molecule has 2 aromatic carbocycles. The molecule has 32 heavy (non-hydrogen) atoms. The van der Waals surface area contributed by atoms with Crippen molar-refractivity contribution in [2.24, 2.45) is 0 Å². The van der Waals surface area contributed by atoms with Crippen molar-refractivity contribution < 1.29 is 27.1 Å². The summed E-state index contributed by atoms with van der Waals surface area (Å²) in [6.07, 6.45) is 0. The van der Waals surface area contributed by atoms with Crippen molar-refractivity contribution in [2.75, 3.05) is 54.1 Å². The average molecular weight is 466 g/mol. The maximum Gasteiger partial charge on any atom is 0.254 e. The normalized spacial score (nSPS) is 16.0. The van der Waals surface area contributed by atoms with E-state index < -0.39 is 21.7 Å². The number of benzene rings is 2. The minimum absolute atomic E-state index is 0.125. The van der Waals surface area contributed by atoms with Gasteiger partial charge in [-0.3, -0.25) is 4.79 Å². The molecule has 1 amide bonds. The molecule has 10 heteroatoms. The third kappa shape index (κ3) is 5.26. The van der Waals surface area contributed by atoms with E-state index in [1.807, 2.05) is 43.3 Å². The lowest BCUT2D eigenvalue weighted by Gasteiger charge is -2.27. The number of nitrogens with one attached hydrogen (secondary N) is 1. The number of rotatable bonds is 8. The Morgan fingerprint density at radius 1 is 1.22 bits per heavy atom. The summed E-state index contributed by atoms with van der Waals surface area (Å²) in [6.45, 7) is 1.19. The summed E-state index contributed by atoms with van der Waals surface area (Å²) >= 11 is 0. The van der Waals surface area contributed by atoms with Crippen molar-refractivity contribution in [2.45, 2.75) is 10.9 Å². The summed E-state index contributed by atoms with van der Waals surface area (Å²) in [6, 6.07) is 10.5. The number of methoxy groups -OCH3 is 1. The number of morpholine rings is 1. The lowest BCUT2D eigenvalue weighted by molar-refractivity contribution is 0.0730. The first-order valence-corrected chi connectivity index (χ1v) is 11.6. The molecule has 1 heterocycles. The van der Waals surface area contributed by atoms with Gasteiger partial charge in [0, 0.05) is 25.2 Å². The Morgan fingerprint density at radius 2 is 1.91 bits per heavy atom. The van der Waals surface area contributed by atoms with Crippen molar-refractivity contribution in [3.05, 3.63) is 59.4 Å². The van der Waals surface area contributed by atoms with Crippen LogP contribution in [0.3, 0.4) is 0 Å². The van der Waals surface area contributed by atoms with Gasteiger partial charge in [-0.1, -0.05) is 18.2 Å². The zero-order chi connectivity index (χ0) is 23.3. The van der Waals surface area contributed by atoms with Crippen molar-refractivity contribution in [3.63, 3.8) is 0 Å². The zero-order valence-corrected chi connectivity index (χ0v) is 19.2. The summed E-state index contributed by atoms with van der Waals surface area (Å²) in [5, 5.41) is 2.72. The number of halogens is 1. The van der Waals surface area contributed by atoms with Gasteiger partial charge in [-0.25, -0.2) is 12.8 Å². The van der Waals surface area contributed by atoms with Crippen LogP contribution in [0.1, 0.15) is 22.0 Å². The van der Waals surface area contributed by atoms with Crippen LogP contribution in [0.2, 0.25) is 0 Å². The molecule has 3 rings (SSSR count). The predicted octanol–water partition coefficient (Wildman–Crippen LogP) is 1.89. The van der Waals surface area contributed by atoms with Gasteiger partial charge in [-0.05, 0) is 38.4 Å². The van der Waals surface area contributed by atoms with Crippen LogP contribution in [0.15, 0.2) is 47.4 Å². The molecule has 0 spiro atoms. The van der Waals surface area contributed by atoms with Gasteiger partial charge in [0.1, 0.15) is 11.6 Å². The number of hydrogen-bond acceptors (Lipinski definition) is 6. The van der Waals surface area contributed by atoms with Crippen molar-refractivity contribution >= 4 is 15.9 Å². The topological polar surface area (TPSA) is 88.2 Å². The molecule has 1 N–H and O–H groups in total. The van der Waals surface area contributed by atoms with E-state index in [1.54, 1.807) is 7.11 Å². The van der Waals surface area contributed by atoms with E-state index in [0.29, 0.717) is 19.0 Å². The van der Waals surface area contributed by atoms with Crippen LogP contribution in [0.5, 0.6) is 5.75 Å². The number of sulfonamides is 1. The first-order chi connectivity index (χ1) is 15.3. The number of hydrogen-bond donors (Lipinski definition) is 1. The molecule has 1 saturated heterocycles. The number of nitrogens with zero attached hydrogens (tertiary/aromatic N) is 2. The molecule has 0 bridgehead atoms. The van der Waals surface area contributed by atoms with E-state index in [9.17, 15) is 17.6 Å².